The molecule has 0 aliphatic carbocycles. The minimum Gasteiger partial charge on any atom is -0.453 e. The second-order valence-electron chi connectivity index (χ2n) is 8.15. The molecular formula is C25H36NO2+. The minimum absolute atomic E-state index is 0.137. The Kier molecular flexibility index (Phi) is 8.25. The molecular weight excluding hydrogens is 346 g/mol. The Labute approximate surface area is 170 Å². The highest BCUT2D eigenvalue weighted by molar-refractivity contribution is 5.70. The SMILES string of the molecule is CCC(=O)O[C@@](Cc1ccccc1)(c1ccccc1)[C@@H](C[NH+](C)C)[C@@H](C)CC. The third-order valence-electron chi connectivity index (χ3n) is 5.71. The van der Waals surface area contributed by atoms with Gasteiger partial charge >= 0.3 is 5.97 Å². The molecule has 0 aliphatic rings. The number of hydrogen-bond acceptors (Lipinski definition) is 2. The van der Waals surface area contributed by atoms with Crippen molar-refractivity contribution in [1.82, 2.24) is 0 Å². The standard InChI is InChI=1S/C25H35NO2/c1-6-20(3)23(19-26(4)5)25(28-24(27)7-2,22-16-12-9-13-17-22)18-21-14-10-8-11-15-21/h8-17,20,23H,6-7,18-19H2,1-5H3/p+1/t20-,23-,25-/m0/s1. The highest BCUT2D eigenvalue weighted by atomic mass is 16.6. The molecule has 3 nitrogen and oxygen atoms in total. The molecule has 2 aromatic rings. The molecule has 0 fully saturated rings. The van der Waals surface area contributed by atoms with Crippen molar-refractivity contribution >= 4 is 5.97 Å². The van der Waals surface area contributed by atoms with Gasteiger partial charge in [0, 0.05) is 12.8 Å². The van der Waals surface area contributed by atoms with Gasteiger partial charge < -0.3 is 9.64 Å². The van der Waals surface area contributed by atoms with Crippen LogP contribution in [0.25, 0.3) is 0 Å². The molecule has 0 bridgehead atoms. The molecule has 2 rings (SSSR count). The maximum absolute atomic E-state index is 12.7. The Morgan fingerprint density at radius 1 is 1.00 bits per heavy atom. The van der Waals surface area contributed by atoms with E-state index in [2.05, 4.69) is 64.3 Å². The van der Waals surface area contributed by atoms with Gasteiger partial charge in [0.15, 0.2) is 0 Å². The topological polar surface area (TPSA) is 30.7 Å². The largest absolute Gasteiger partial charge is 0.453 e. The first kappa shape index (κ1) is 22.2. The van der Waals surface area contributed by atoms with Gasteiger partial charge in [-0.05, 0) is 17.0 Å². The molecule has 1 N–H and O–H groups in total. The van der Waals surface area contributed by atoms with Crippen molar-refractivity contribution in [2.45, 2.75) is 45.6 Å². The summed E-state index contributed by atoms with van der Waals surface area (Å²) >= 11 is 0. The lowest BCUT2D eigenvalue weighted by atomic mass is 9.70. The molecule has 152 valence electrons. The molecule has 3 heteroatoms. The second kappa shape index (κ2) is 10.4. The van der Waals surface area contributed by atoms with Crippen LogP contribution in [-0.2, 0) is 21.6 Å². The minimum atomic E-state index is -0.678. The lowest BCUT2D eigenvalue weighted by molar-refractivity contribution is -0.863. The molecule has 0 unspecified atom stereocenters. The van der Waals surface area contributed by atoms with Gasteiger partial charge in [0.25, 0.3) is 0 Å². The average Bonchev–Trinajstić information content (AvgIpc) is 2.72. The van der Waals surface area contributed by atoms with E-state index in [4.69, 9.17) is 4.74 Å². The zero-order chi connectivity index (χ0) is 20.6. The van der Waals surface area contributed by atoms with Crippen molar-refractivity contribution in [2.75, 3.05) is 20.6 Å². The van der Waals surface area contributed by atoms with Crippen LogP contribution in [0.2, 0.25) is 0 Å². The highest BCUT2D eigenvalue weighted by Gasteiger charge is 2.47. The Balaban J connectivity index is 2.67. The Bertz CT molecular complexity index is 714. The number of quaternary nitrogens is 1. The van der Waals surface area contributed by atoms with Crippen molar-refractivity contribution in [1.29, 1.82) is 0 Å². The van der Waals surface area contributed by atoms with Crippen molar-refractivity contribution in [3.8, 4) is 0 Å². The molecule has 0 saturated heterocycles. The molecule has 0 heterocycles. The number of nitrogens with one attached hydrogen (secondary N) is 1. The van der Waals surface area contributed by atoms with Gasteiger partial charge in [0.1, 0.15) is 5.60 Å². The van der Waals surface area contributed by atoms with Crippen LogP contribution in [0, 0.1) is 11.8 Å². The summed E-state index contributed by atoms with van der Waals surface area (Å²) in [5.41, 5.74) is 1.60. The van der Waals surface area contributed by atoms with Crippen LogP contribution in [0.3, 0.4) is 0 Å². The van der Waals surface area contributed by atoms with E-state index in [1.165, 1.54) is 10.5 Å². The van der Waals surface area contributed by atoms with Crippen LogP contribution in [-0.4, -0.2) is 26.6 Å². The first-order chi connectivity index (χ1) is 13.4. The van der Waals surface area contributed by atoms with Crippen LogP contribution in [0.15, 0.2) is 60.7 Å². The Morgan fingerprint density at radius 3 is 2.07 bits per heavy atom. The third kappa shape index (κ3) is 5.45. The van der Waals surface area contributed by atoms with Gasteiger partial charge in [-0.2, -0.15) is 0 Å². The summed E-state index contributed by atoms with van der Waals surface area (Å²) in [5.74, 6) is 0.492. The van der Waals surface area contributed by atoms with E-state index < -0.39 is 5.60 Å². The fraction of sp³-hybridized carbons (Fsp3) is 0.480. The quantitative estimate of drug-likeness (QED) is 0.632. The number of carbonyl (C=O) groups is 1. The highest BCUT2D eigenvalue weighted by Crippen LogP contribution is 2.42. The monoisotopic (exact) mass is 382 g/mol. The molecule has 28 heavy (non-hydrogen) atoms. The maximum atomic E-state index is 12.7. The van der Waals surface area contributed by atoms with Gasteiger partial charge in [-0.25, -0.2) is 0 Å². The number of hydrogen-bond donors (Lipinski definition) is 1. The molecule has 0 spiro atoms. The van der Waals surface area contributed by atoms with Crippen molar-refractivity contribution < 1.29 is 14.4 Å². The molecule has 3 atom stereocenters. The van der Waals surface area contributed by atoms with Crippen LogP contribution >= 0.6 is 0 Å². The summed E-state index contributed by atoms with van der Waals surface area (Å²) < 4.78 is 6.41. The van der Waals surface area contributed by atoms with Gasteiger partial charge in [-0.15, -0.1) is 0 Å². The number of ether oxygens (including phenoxy) is 1. The summed E-state index contributed by atoms with van der Waals surface area (Å²) in [7, 11) is 4.35. The molecule has 2 aromatic carbocycles. The van der Waals surface area contributed by atoms with E-state index in [-0.39, 0.29) is 11.9 Å². The molecule has 0 aliphatic heterocycles. The van der Waals surface area contributed by atoms with Gasteiger partial charge in [-0.1, -0.05) is 87.9 Å². The fourth-order valence-electron chi connectivity index (χ4n) is 4.06. The number of esters is 1. The van der Waals surface area contributed by atoms with E-state index >= 15 is 0 Å². The van der Waals surface area contributed by atoms with Gasteiger partial charge in [-0.3, -0.25) is 4.79 Å². The first-order valence-electron chi connectivity index (χ1n) is 10.5. The van der Waals surface area contributed by atoms with Crippen molar-refractivity contribution in [3.05, 3.63) is 71.8 Å². The summed E-state index contributed by atoms with van der Waals surface area (Å²) in [6.07, 6.45) is 2.11. The first-order valence-corrected chi connectivity index (χ1v) is 10.5. The van der Waals surface area contributed by atoms with E-state index in [0.717, 1.165) is 18.5 Å². The molecule has 0 saturated carbocycles. The van der Waals surface area contributed by atoms with E-state index in [0.29, 0.717) is 18.8 Å². The predicted molar refractivity (Wildman–Crippen MR) is 115 cm³/mol. The predicted octanol–water partition coefficient (Wildman–Crippen LogP) is 3.88. The van der Waals surface area contributed by atoms with E-state index in [1.807, 2.05) is 31.2 Å². The number of benzene rings is 2. The summed E-state index contributed by atoms with van der Waals surface area (Å²) in [4.78, 5) is 14.0. The lowest BCUT2D eigenvalue weighted by Crippen LogP contribution is -3.07. The van der Waals surface area contributed by atoms with Gasteiger partial charge in [0.2, 0.25) is 0 Å². The Hall–Kier alpha value is -2.13. The summed E-state index contributed by atoms with van der Waals surface area (Å²) in [6.45, 7) is 7.32. The third-order valence-corrected chi connectivity index (χ3v) is 5.71. The average molecular weight is 383 g/mol. The molecule has 0 radical (unpaired) electrons. The normalized spacial score (nSPS) is 15.6. The summed E-state index contributed by atoms with van der Waals surface area (Å²) in [6, 6.07) is 20.8. The zero-order valence-electron chi connectivity index (χ0n) is 18.1. The van der Waals surface area contributed by atoms with E-state index in [1.54, 1.807) is 0 Å². The lowest BCUT2D eigenvalue weighted by Gasteiger charge is -2.43. The molecule has 0 amide bonds. The van der Waals surface area contributed by atoms with Gasteiger partial charge in [0.05, 0.1) is 26.6 Å². The van der Waals surface area contributed by atoms with Crippen molar-refractivity contribution in [2.24, 2.45) is 11.8 Å². The van der Waals surface area contributed by atoms with Crippen LogP contribution in [0.5, 0.6) is 0 Å². The maximum Gasteiger partial charge on any atom is 0.306 e. The number of rotatable bonds is 10. The zero-order valence-corrected chi connectivity index (χ0v) is 18.1. The molecule has 0 aromatic heterocycles. The summed E-state index contributed by atoms with van der Waals surface area (Å²) in [5, 5.41) is 0. The smallest absolute Gasteiger partial charge is 0.306 e. The fourth-order valence-corrected chi connectivity index (χ4v) is 4.06. The number of carbonyl (C=O) groups excluding carboxylic acids is 1. The second-order valence-corrected chi connectivity index (χ2v) is 8.15. The van der Waals surface area contributed by atoms with Crippen molar-refractivity contribution in [3.63, 3.8) is 0 Å². The Morgan fingerprint density at radius 2 is 1.57 bits per heavy atom. The van der Waals surface area contributed by atoms with E-state index in [9.17, 15) is 4.79 Å². The van der Waals surface area contributed by atoms with Crippen LogP contribution < -0.4 is 4.90 Å². The van der Waals surface area contributed by atoms with Crippen LogP contribution in [0.1, 0.15) is 44.7 Å². The van der Waals surface area contributed by atoms with Crippen LogP contribution in [0.4, 0.5) is 0 Å².